The van der Waals surface area contributed by atoms with E-state index < -0.39 is 63.9 Å². The number of benzene rings is 4. The van der Waals surface area contributed by atoms with Crippen molar-refractivity contribution in [1.82, 2.24) is 24.5 Å². The summed E-state index contributed by atoms with van der Waals surface area (Å²) in [7, 11) is 0. The number of aromatic carboxylic acids is 1. The van der Waals surface area contributed by atoms with Crippen LogP contribution in [0.4, 0.5) is 37.7 Å². The molecule has 5 heterocycles. The number of hydrogen-bond acceptors (Lipinski definition) is 9. The van der Waals surface area contributed by atoms with Crippen LogP contribution in [0, 0.1) is 40.8 Å². The maximum atomic E-state index is 13.6. The van der Waals surface area contributed by atoms with Crippen LogP contribution in [0.1, 0.15) is 85.9 Å². The van der Waals surface area contributed by atoms with Crippen LogP contribution < -0.4 is 16.2 Å². The Kier molecular flexibility index (Phi) is 18.7. The highest BCUT2D eigenvalue weighted by atomic mass is 35.5. The van der Waals surface area contributed by atoms with Crippen LogP contribution in [-0.2, 0) is 38.6 Å². The molecule has 0 radical (unpaired) electrons. The first-order valence-corrected chi connectivity index (χ1v) is 25.5. The second-order valence-electron chi connectivity index (χ2n) is 18.4. The maximum absolute atomic E-state index is 13.6. The van der Waals surface area contributed by atoms with Gasteiger partial charge in [0.1, 0.15) is 17.5 Å². The van der Waals surface area contributed by atoms with Crippen LogP contribution in [0.5, 0.6) is 0 Å². The number of H-pyrrole nitrogens is 2. The van der Waals surface area contributed by atoms with Crippen molar-refractivity contribution in [3.05, 3.63) is 233 Å². The Bertz CT molecular complexity index is 3860. The third-order valence-corrected chi connectivity index (χ3v) is 13.0. The van der Waals surface area contributed by atoms with E-state index in [0.29, 0.717) is 36.3 Å². The zero-order chi connectivity index (χ0) is 58.8. The molecule has 3 aliphatic rings. The number of carbonyl (C=O) groups excluding carboxylic acids is 5. The topological polar surface area (TPSA) is 226 Å². The maximum Gasteiger partial charge on any atom is 0.371 e. The minimum absolute atomic E-state index is 0.00351. The number of anilines is 2. The number of halogens is 8. The Labute approximate surface area is 471 Å². The lowest BCUT2D eigenvalue weighted by atomic mass is 9.85. The summed E-state index contributed by atoms with van der Waals surface area (Å²) >= 11 is 12.2. The van der Waals surface area contributed by atoms with Gasteiger partial charge in [0.05, 0.1) is 29.1 Å². The second-order valence-corrected chi connectivity index (χ2v) is 19.3. The molecule has 82 heavy (non-hydrogen) atoms. The molecule has 418 valence electrons. The number of fused-ring (bicyclic) bond motifs is 2. The molecule has 1 unspecified atom stereocenters. The van der Waals surface area contributed by atoms with Gasteiger partial charge in [0.15, 0.2) is 46.5 Å². The normalized spacial score (nSPS) is 14.8. The van der Waals surface area contributed by atoms with E-state index in [9.17, 15) is 59.9 Å². The van der Waals surface area contributed by atoms with Crippen molar-refractivity contribution in [1.29, 1.82) is 0 Å². The van der Waals surface area contributed by atoms with E-state index in [2.05, 4.69) is 30.6 Å². The molecule has 4 aromatic carbocycles. The summed E-state index contributed by atoms with van der Waals surface area (Å²) in [4.78, 5) is 98.0. The molecule has 2 aliphatic heterocycles. The number of aromatic nitrogens is 5. The van der Waals surface area contributed by atoms with E-state index in [0.717, 1.165) is 56.8 Å². The molecule has 15 nitrogen and oxygen atoms in total. The number of hydrogen-bond donors (Lipinski definition) is 5. The number of aromatic amines is 2. The van der Waals surface area contributed by atoms with Crippen molar-refractivity contribution in [2.45, 2.75) is 45.1 Å². The average molecular weight is 1160 g/mol. The Morgan fingerprint density at radius 2 is 1.35 bits per heavy atom. The Morgan fingerprint density at radius 3 is 1.98 bits per heavy atom. The Hall–Kier alpha value is -9.47. The number of rotatable bonds is 16. The highest BCUT2D eigenvalue weighted by Crippen LogP contribution is 2.34. The highest BCUT2D eigenvalue weighted by molar-refractivity contribution is 6.35. The molecule has 7 aromatic rings. The van der Waals surface area contributed by atoms with Crippen LogP contribution >= 0.6 is 23.2 Å². The van der Waals surface area contributed by atoms with Crippen molar-refractivity contribution >= 4 is 93.5 Å². The van der Waals surface area contributed by atoms with E-state index >= 15 is 0 Å². The molecule has 23 heteroatoms. The molecule has 3 aromatic heterocycles. The smallest absolute Gasteiger partial charge is 0.371 e. The fourth-order valence-corrected chi connectivity index (χ4v) is 9.16. The molecular formula is C59H43Cl2F6N7O8. The zero-order valence-electron chi connectivity index (χ0n) is 42.5. The third kappa shape index (κ3) is 14.7. The number of pyridine rings is 1. The lowest BCUT2D eigenvalue weighted by molar-refractivity contribution is -0.129. The van der Waals surface area contributed by atoms with Crippen LogP contribution in [0.3, 0.4) is 0 Å². The van der Waals surface area contributed by atoms with Gasteiger partial charge in [-0.3, -0.25) is 28.8 Å². The molecule has 0 spiro atoms. The van der Waals surface area contributed by atoms with Gasteiger partial charge in [-0.05, 0) is 101 Å². The molecule has 10 rings (SSSR count). The van der Waals surface area contributed by atoms with Gasteiger partial charge in [0.2, 0.25) is 11.7 Å². The highest BCUT2D eigenvalue weighted by Gasteiger charge is 2.31. The monoisotopic (exact) mass is 1160 g/mol. The number of Topliss-reactive ketones (excluding diaryl/α,β-unsaturated/α-hetero) is 3. The molecule has 0 saturated carbocycles. The van der Waals surface area contributed by atoms with Gasteiger partial charge in [-0.2, -0.15) is 0 Å². The summed E-state index contributed by atoms with van der Waals surface area (Å²) in [6.07, 6.45) is 19.9. The van der Waals surface area contributed by atoms with Crippen molar-refractivity contribution < 1.29 is 60.2 Å². The van der Waals surface area contributed by atoms with E-state index in [4.69, 9.17) is 28.3 Å². The van der Waals surface area contributed by atoms with Crippen LogP contribution in [0.25, 0.3) is 23.8 Å². The summed E-state index contributed by atoms with van der Waals surface area (Å²) in [5, 5.41) is 14.0. The first-order valence-electron chi connectivity index (χ1n) is 24.7. The van der Waals surface area contributed by atoms with Gasteiger partial charge in [-0.1, -0.05) is 71.8 Å². The summed E-state index contributed by atoms with van der Waals surface area (Å²) in [5.74, 6) is -11.8. The fourth-order valence-electron chi connectivity index (χ4n) is 8.68. The first kappa shape index (κ1) is 58.7. The minimum atomic E-state index is -1.61. The third-order valence-electron chi connectivity index (χ3n) is 12.6. The number of nitrogens with zero attached hydrogens (tertiary/aromatic N) is 3. The molecule has 0 saturated heterocycles. The van der Waals surface area contributed by atoms with Crippen LogP contribution in [-0.4, -0.2) is 64.7 Å². The van der Waals surface area contributed by atoms with Gasteiger partial charge in [-0.15, -0.1) is 0 Å². The number of nitrogens with one attached hydrogen (secondary N) is 4. The van der Waals surface area contributed by atoms with Crippen LogP contribution in [0.15, 0.2) is 137 Å². The minimum Gasteiger partial charge on any atom is -0.475 e. The van der Waals surface area contributed by atoms with Crippen molar-refractivity contribution in [2.75, 3.05) is 10.6 Å². The van der Waals surface area contributed by atoms with E-state index in [1.165, 1.54) is 36.8 Å². The molecule has 1 atom stereocenters. The lowest BCUT2D eigenvalue weighted by Gasteiger charge is -2.18. The molecule has 1 aliphatic carbocycles. The summed E-state index contributed by atoms with van der Waals surface area (Å²) in [6.45, 7) is -0.305. The van der Waals surface area contributed by atoms with Crippen molar-refractivity contribution in [3.8, 4) is 0 Å². The van der Waals surface area contributed by atoms with Gasteiger partial charge >= 0.3 is 5.97 Å². The molecule has 5 N–H and O–H groups in total. The number of allylic oxidation sites excluding steroid dienone is 6. The quantitative estimate of drug-likeness (QED) is 0.0202. The first-order chi connectivity index (χ1) is 39.2. The predicted octanol–water partition coefficient (Wildman–Crippen LogP) is 11.4. The number of carboxylic acid groups (broad SMARTS) is 1. The molecule has 2 amide bonds. The van der Waals surface area contributed by atoms with Gasteiger partial charge in [0.25, 0.3) is 11.5 Å². The van der Waals surface area contributed by atoms with E-state index in [-0.39, 0.29) is 81.5 Å². The second kappa shape index (κ2) is 26.2. The fraction of sp³-hybridized carbons (Fsp3) is 0.136. The van der Waals surface area contributed by atoms with Crippen molar-refractivity contribution in [2.24, 2.45) is 5.92 Å². The number of carbonyl (C=O) groups is 6. The largest absolute Gasteiger partial charge is 0.475 e. The predicted molar refractivity (Wildman–Crippen MR) is 293 cm³/mol. The summed E-state index contributed by atoms with van der Waals surface area (Å²) < 4.78 is 81.7. The van der Waals surface area contributed by atoms with Gasteiger partial charge < -0.3 is 30.3 Å². The molecule has 0 fully saturated rings. The molecule has 0 bridgehead atoms. The SMILES string of the molecule is O=C(O)c1ncc[nH]1.O=C1Cc2ccc(/C=C/CCC(=O)C3C=C(Cl)C=C(Cc4cc(F)c(F)c(F)c4)C3=O)cc2N1.O=C1Nc2cc(/C=C/CCC(=O)c3cc(Cl)cn(Cc4cc(F)c(F)c(F)c4)c3=O)ccc2/C1=C/c1ncc[nH]1. The Balaban J connectivity index is 0.000000191. The van der Waals surface area contributed by atoms with Crippen LogP contribution in [0.2, 0.25) is 5.02 Å². The molecular weight excluding hydrogens is 1120 g/mol. The van der Waals surface area contributed by atoms with E-state index in [1.54, 1.807) is 36.7 Å². The van der Waals surface area contributed by atoms with Gasteiger partial charge in [0, 0.05) is 77.8 Å². The zero-order valence-corrected chi connectivity index (χ0v) is 44.0. The standard InChI is InChI=1S/C29H20ClF3N4O3.C26H19ClF3NO3.C4H4N2O2/c30-18-12-21(29(40)37(15-18)14-17-9-22(31)27(33)23(32)10-17)25(38)4-2-1-3-16-5-6-19-20(13-26-34-7-8-35-26)28(39)36-24(19)11-16;27-18-11-17(7-15-8-20(28)25(30)21(29)9-15)26(34)19(13-18)23(32)4-2-1-3-14-5-6-16-12-24(33)31-22(16)10-14;7-4(8)3-5-1-2-6-3/h1,3,5-13,15H,2,4,14H2,(H,34,35)(H,36,39);1,3,5-6,8-11,13,19H,2,4,7,12H2,(H,31,33);1-2H,(H,5,6)(H,7,8)/b3-1+,20-13-;3-1+;. The van der Waals surface area contributed by atoms with E-state index in [1.807, 2.05) is 42.5 Å². The number of imidazole rings is 2. The summed E-state index contributed by atoms with van der Waals surface area (Å²) in [5.41, 5.74) is 4.60. The number of ketones is 3. The lowest BCUT2D eigenvalue weighted by Crippen LogP contribution is -2.27. The van der Waals surface area contributed by atoms with Crippen molar-refractivity contribution in [3.63, 3.8) is 0 Å². The number of amides is 2. The Morgan fingerprint density at radius 1 is 0.732 bits per heavy atom. The number of carboxylic acids is 1. The summed E-state index contributed by atoms with van der Waals surface area (Å²) in [6, 6.07) is 15.5. The average Bonchev–Trinajstić information content (AvgIpc) is 4.38. The van der Waals surface area contributed by atoms with Gasteiger partial charge in [-0.25, -0.2) is 41.1 Å².